The number of pyridine rings is 1. The normalized spacial score (nSPS) is 17.1. The number of nitrogens with zero attached hydrogens (tertiary/aromatic N) is 3. The molecular weight excluding hydrogens is 443 g/mol. The van der Waals surface area contributed by atoms with Crippen molar-refractivity contribution in [2.45, 2.75) is 32.6 Å². The Morgan fingerprint density at radius 3 is 2.53 bits per heavy atom. The third-order valence-corrected chi connectivity index (χ3v) is 6.00. The Morgan fingerprint density at radius 2 is 1.79 bits per heavy atom. The van der Waals surface area contributed by atoms with Crippen LogP contribution in [0, 0.1) is 19.8 Å². The first-order chi connectivity index (χ1) is 16.2. The van der Waals surface area contributed by atoms with Crippen LogP contribution in [-0.2, 0) is 4.79 Å². The zero-order valence-corrected chi connectivity index (χ0v) is 18.7. The third-order valence-electron chi connectivity index (χ3n) is 6.00. The fourth-order valence-electron chi connectivity index (χ4n) is 3.90. The summed E-state index contributed by atoms with van der Waals surface area (Å²) in [5.41, 5.74) is 1.50. The lowest BCUT2D eigenvalue weighted by molar-refractivity contribution is -0.137. The summed E-state index contributed by atoms with van der Waals surface area (Å²) in [6.07, 6.45) is 3.79. The highest BCUT2D eigenvalue weighted by atomic mass is 19.3. The van der Waals surface area contributed by atoms with E-state index >= 15 is 8.78 Å². The van der Waals surface area contributed by atoms with Crippen LogP contribution in [0.5, 0.6) is 5.75 Å². The van der Waals surface area contributed by atoms with Gasteiger partial charge in [0.2, 0.25) is 0 Å². The Hall–Kier alpha value is -3.68. The van der Waals surface area contributed by atoms with Crippen LogP contribution in [0.3, 0.4) is 0 Å². The molecule has 5 nitrogen and oxygen atoms in total. The van der Waals surface area contributed by atoms with Crippen molar-refractivity contribution < 1.29 is 22.8 Å². The molecule has 8 heteroatoms. The first kappa shape index (κ1) is 22.1. The van der Waals surface area contributed by atoms with Crippen LogP contribution >= 0.6 is 0 Å². The molecule has 3 aromatic rings. The molecule has 0 spiro atoms. The Bertz CT molecular complexity index is 1320. The van der Waals surface area contributed by atoms with Gasteiger partial charge < -0.3 is 4.74 Å². The number of amides is 1. The highest BCUT2D eigenvalue weighted by molar-refractivity contribution is 6.24. The van der Waals surface area contributed by atoms with Crippen LogP contribution in [0.25, 0.3) is 11.1 Å². The molecule has 0 atom stereocenters. The zero-order valence-electron chi connectivity index (χ0n) is 18.7. The molecule has 5 rings (SSSR count). The number of hydrogen-bond donors (Lipinski definition) is 0. The van der Waals surface area contributed by atoms with E-state index in [0.717, 1.165) is 24.1 Å². The van der Waals surface area contributed by atoms with Crippen LogP contribution in [0.2, 0.25) is 0 Å². The molecule has 2 aromatic carbocycles. The third kappa shape index (κ3) is 4.04. The highest BCUT2D eigenvalue weighted by Crippen LogP contribution is 2.42. The van der Waals surface area contributed by atoms with Crippen molar-refractivity contribution in [3.05, 3.63) is 71.5 Å². The van der Waals surface area contributed by atoms with E-state index in [4.69, 9.17) is 4.74 Å². The zero-order chi connectivity index (χ0) is 24.0. The second-order valence-corrected chi connectivity index (χ2v) is 8.75. The topological polar surface area (TPSA) is 54.8 Å². The Kier molecular flexibility index (Phi) is 5.38. The Labute approximate surface area is 194 Å². The minimum atomic E-state index is -4.18. The summed E-state index contributed by atoms with van der Waals surface area (Å²) in [5, 5.41) is -0.514. The number of rotatable bonds is 5. The molecule has 0 bridgehead atoms. The molecule has 1 amide bonds. The number of aryl methyl sites for hydroxylation is 2. The molecular formula is C26H22F3N3O2. The predicted octanol–water partition coefficient (Wildman–Crippen LogP) is 6.14. The summed E-state index contributed by atoms with van der Waals surface area (Å²) >= 11 is 0. The molecule has 2 aliphatic rings. The largest absolute Gasteiger partial charge is 0.493 e. The van der Waals surface area contributed by atoms with Crippen molar-refractivity contribution in [3.63, 3.8) is 0 Å². The summed E-state index contributed by atoms with van der Waals surface area (Å²) in [7, 11) is 0. The van der Waals surface area contributed by atoms with Gasteiger partial charge in [-0.1, -0.05) is 22.7 Å². The SMILES string of the molecule is Cc1cc(-c2cccc(C3=Nc4cc(OCC5CC5)c(C)cc4N(F)C(=O)C3(F)F)c2)ccn1. The minimum absolute atomic E-state index is 0.0209. The Morgan fingerprint density at radius 1 is 1.06 bits per heavy atom. The van der Waals surface area contributed by atoms with E-state index in [1.807, 2.05) is 13.0 Å². The van der Waals surface area contributed by atoms with Gasteiger partial charge in [0.1, 0.15) is 17.1 Å². The number of halogens is 3. The average molecular weight is 465 g/mol. The highest BCUT2D eigenvalue weighted by Gasteiger charge is 2.51. The van der Waals surface area contributed by atoms with Crippen molar-refractivity contribution in [1.82, 2.24) is 4.98 Å². The summed E-state index contributed by atoms with van der Waals surface area (Å²) in [4.78, 5) is 20.8. The van der Waals surface area contributed by atoms with E-state index in [9.17, 15) is 9.28 Å². The molecule has 1 aliphatic carbocycles. The first-order valence-electron chi connectivity index (χ1n) is 11.0. The number of aliphatic imine (C=N–C) groups is 1. The standard InChI is InChI=1S/C26H22F3N3O2/c1-15-10-22-21(13-23(15)34-14-17-6-7-17)31-24(26(27,28)25(33)32(22)29)20-5-3-4-18(12-20)19-8-9-30-16(2)11-19/h3-5,8-13,17H,6-7,14H2,1-2H3. The molecule has 0 unspecified atom stereocenters. The summed E-state index contributed by atoms with van der Waals surface area (Å²) in [6, 6.07) is 12.6. The van der Waals surface area contributed by atoms with Gasteiger partial charge in [-0.25, -0.2) is 4.99 Å². The van der Waals surface area contributed by atoms with Gasteiger partial charge >= 0.3 is 11.8 Å². The second kappa shape index (κ2) is 8.27. The number of aromatic nitrogens is 1. The van der Waals surface area contributed by atoms with Crippen LogP contribution in [0.1, 0.15) is 29.7 Å². The minimum Gasteiger partial charge on any atom is -0.493 e. The van der Waals surface area contributed by atoms with Crippen LogP contribution in [0.4, 0.5) is 24.6 Å². The maximum absolute atomic E-state index is 15.3. The van der Waals surface area contributed by atoms with Crippen molar-refractivity contribution in [2.75, 3.05) is 11.7 Å². The maximum atomic E-state index is 15.3. The smallest absolute Gasteiger partial charge is 0.369 e. The molecule has 34 heavy (non-hydrogen) atoms. The lowest BCUT2D eigenvalue weighted by Crippen LogP contribution is -2.44. The lowest BCUT2D eigenvalue weighted by atomic mass is 9.98. The van der Waals surface area contributed by atoms with Crippen molar-refractivity contribution in [1.29, 1.82) is 0 Å². The van der Waals surface area contributed by atoms with Crippen LogP contribution in [-0.4, -0.2) is 29.1 Å². The fourth-order valence-corrected chi connectivity index (χ4v) is 3.90. The molecule has 1 aliphatic heterocycles. The molecule has 1 fully saturated rings. The van der Waals surface area contributed by atoms with Gasteiger partial charge in [0, 0.05) is 23.5 Å². The number of ether oxygens (including phenoxy) is 1. The van der Waals surface area contributed by atoms with E-state index in [1.165, 1.54) is 24.3 Å². The molecule has 2 heterocycles. The summed E-state index contributed by atoms with van der Waals surface area (Å²) in [6.45, 7) is 4.00. The second-order valence-electron chi connectivity index (χ2n) is 8.75. The van der Waals surface area contributed by atoms with Gasteiger partial charge in [0.05, 0.1) is 12.3 Å². The van der Waals surface area contributed by atoms with Crippen LogP contribution in [0.15, 0.2) is 59.7 Å². The van der Waals surface area contributed by atoms with E-state index in [-0.39, 0.29) is 16.9 Å². The summed E-state index contributed by atoms with van der Waals surface area (Å²) < 4.78 is 51.3. The van der Waals surface area contributed by atoms with E-state index in [1.54, 1.807) is 31.3 Å². The van der Waals surface area contributed by atoms with Crippen molar-refractivity contribution in [2.24, 2.45) is 10.9 Å². The molecule has 0 saturated heterocycles. The number of anilines is 1. The van der Waals surface area contributed by atoms with Gasteiger partial charge in [0.25, 0.3) is 0 Å². The number of alkyl halides is 2. The molecule has 0 radical (unpaired) electrons. The summed E-state index contributed by atoms with van der Waals surface area (Å²) in [5.74, 6) is -5.26. The average Bonchev–Trinajstić information content (AvgIpc) is 3.65. The van der Waals surface area contributed by atoms with Gasteiger partial charge in [-0.3, -0.25) is 9.78 Å². The lowest BCUT2D eigenvalue weighted by Gasteiger charge is -2.19. The van der Waals surface area contributed by atoms with E-state index in [0.29, 0.717) is 29.4 Å². The van der Waals surface area contributed by atoms with Gasteiger partial charge in [-0.15, -0.1) is 5.12 Å². The quantitative estimate of drug-likeness (QED) is 0.425. The van der Waals surface area contributed by atoms with Gasteiger partial charge in [0.15, 0.2) is 0 Å². The van der Waals surface area contributed by atoms with E-state index < -0.39 is 22.7 Å². The number of carbonyl (C=O) groups excluding carboxylic acids is 1. The predicted molar refractivity (Wildman–Crippen MR) is 124 cm³/mol. The maximum Gasteiger partial charge on any atom is 0.369 e. The number of hydrogen-bond acceptors (Lipinski definition) is 4. The number of fused-ring (bicyclic) bond motifs is 1. The van der Waals surface area contributed by atoms with Crippen molar-refractivity contribution >= 4 is 23.0 Å². The Balaban J connectivity index is 1.63. The number of carbonyl (C=O) groups is 1. The monoisotopic (exact) mass is 465 g/mol. The van der Waals surface area contributed by atoms with E-state index in [2.05, 4.69) is 9.98 Å². The fraction of sp³-hybridized carbons (Fsp3) is 0.269. The van der Waals surface area contributed by atoms with Gasteiger partial charge in [-0.2, -0.15) is 8.78 Å². The molecule has 174 valence electrons. The molecule has 1 saturated carbocycles. The van der Waals surface area contributed by atoms with Gasteiger partial charge in [-0.05, 0) is 73.6 Å². The molecule has 0 N–H and O–H groups in total. The number of benzene rings is 2. The molecule has 1 aromatic heterocycles. The van der Waals surface area contributed by atoms with Crippen molar-refractivity contribution in [3.8, 4) is 16.9 Å². The first-order valence-corrected chi connectivity index (χ1v) is 11.0. The van der Waals surface area contributed by atoms with Crippen LogP contribution < -0.4 is 9.86 Å².